The third kappa shape index (κ3) is 5.85. The highest BCUT2D eigenvalue weighted by atomic mass is 15.1. The number of aromatic nitrogens is 3. The molecule has 61 heavy (non-hydrogen) atoms. The van der Waals surface area contributed by atoms with E-state index in [-0.39, 0.29) is 6.71 Å². The van der Waals surface area contributed by atoms with Gasteiger partial charge in [-0.1, -0.05) is 127 Å². The van der Waals surface area contributed by atoms with Crippen LogP contribution in [-0.4, -0.2) is 21.2 Å². The van der Waals surface area contributed by atoms with Crippen molar-refractivity contribution < 1.29 is 0 Å². The Morgan fingerprint density at radius 2 is 1.02 bits per heavy atom. The van der Waals surface area contributed by atoms with Crippen LogP contribution < -0.4 is 21.3 Å². The summed E-state index contributed by atoms with van der Waals surface area (Å²) in [5.41, 5.74) is 17.0. The molecule has 0 saturated heterocycles. The van der Waals surface area contributed by atoms with Crippen molar-refractivity contribution in [1.29, 1.82) is 0 Å². The van der Waals surface area contributed by atoms with Gasteiger partial charge >= 0.3 is 0 Å². The van der Waals surface area contributed by atoms with Crippen molar-refractivity contribution in [1.82, 2.24) is 14.5 Å². The molecule has 1 aliphatic heterocycles. The minimum atomic E-state index is -0.0516. The Balaban J connectivity index is 1.17. The molecular formula is C56H37BN4. The first-order valence-corrected chi connectivity index (χ1v) is 20.8. The van der Waals surface area contributed by atoms with Crippen molar-refractivity contribution in [3.8, 4) is 39.3 Å². The Morgan fingerprint density at radius 1 is 0.410 bits per heavy atom. The number of hydrogen-bond donors (Lipinski definition) is 0. The second-order valence-corrected chi connectivity index (χ2v) is 15.8. The fraction of sp³-hybridized carbons (Fsp3) is 0. The summed E-state index contributed by atoms with van der Waals surface area (Å²) in [6.45, 7) is -0.0516. The Bertz CT molecular complexity index is 3310. The van der Waals surface area contributed by atoms with Crippen molar-refractivity contribution in [3.05, 3.63) is 225 Å². The van der Waals surface area contributed by atoms with Crippen LogP contribution in [0.25, 0.3) is 71.9 Å². The Morgan fingerprint density at radius 3 is 1.67 bits per heavy atom. The van der Waals surface area contributed by atoms with Gasteiger partial charge in [0.05, 0.1) is 16.9 Å². The van der Waals surface area contributed by atoms with E-state index < -0.39 is 0 Å². The van der Waals surface area contributed by atoms with Crippen molar-refractivity contribution in [3.63, 3.8) is 0 Å². The average molecular weight is 777 g/mol. The molecule has 3 aromatic heterocycles. The average Bonchev–Trinajstić information content (AvgIpc) is 3.68. The van der Waals surface area contributed by atoms with E-state index in [1.165, 1.54) is 54.7 Å². The molecule has 12 rings (SSSR count). The first-order valence-electron chi connectivity index (χ1n) is 20.8. The second-order valence-electron chi connectivity index (χ2n) is 15.8. The molecule has 4 heterocycles. The molecule has 5 heteroatoms. The molecule has 0 amide bonds. The molecule has 4 nitrogen and oxygen atoms in total. The molecule has 0 atom stereocenters. The number of para-hydroxylation sites is 2. The number of hydrogen-bond acceptors (Lipinski definition) is 3. The van der Waals surface area contributed by atoms with E-state index in [4.69, 9.17) is 9.97 Å². The van der Waals surface area contributed by atoms with E-state index in [2.05, 4.69) is 198 Å². The number of anilines is 3. The highest BCUT2D eigenvalue weighted by Crippen LogP contribution is 2.43. The predicted octanol–water partition coefficient (Wildman–Crippen LogP) is 12.0. The molecular weight excluding hydrogens is 739 g/mol. The lowest BCUT2D eigenvalue weighted by Crippen LogP contribution is -2.56. The second kappa shape index (κ2) is 14.4. The Kier molecular flexibility index (Phi) is 8.24. The van der Waals surface area contributed by atoms with Crippen LogP contribution in [0.5, 0.6) is 0 Å². The van der Waals surface area contributed by atoms with Gasteiger partial charge in [-0.2, -0.15) is 0 Å². The third-order valence-electron chi connectivity index (χ3n) is 12.3. The first kappa shape index (κ1) is 35.0. The van der Waals surface area contributed by atoms with Crippen molar-refractivity contribution in [2.75, 3.05) is 4.90 Å². The lowest BCUT2D eigenvalue weighted by molar-refractivity contribution is 1.19. The molecule has 1 aliphatic rings. The van der Waals surface area contributed by atoms with Crippen molar-refractivity contribution >= 4 is 72.7 Å². The van der Waals surface area contributed by atoms with Gasteiger partial charge in [0.1, 0.15) is 0 Å². The molecule has 0 aliphatic carbocycles. The third-order valence-corrected chi connectivity index (χ3v) is 12.3. The van der Waals surface area contributed by atoms with Gasteiger partial charge in [-0.05, 0) is 124 Å². The van der Waals surface area contributed by atoms with Gasteiger partial charge in [0, 0.05) is 62.6 Å². The highest BCUT2D eigenvalue weighted by molar-refractivity contribution is 6.98. The van der Waals surface area contributed by atoms with Gasteiger partial charge in [0.25, 0.3) is 0 Å². The Labute approximate surface area is 354 Å². The molecule has 11 aromatic rings. The predicted molar refractivity (Wildman–Crippen MR) is 256 cm³/mol. The summed E-state index contributed by atoms with van der Waals surface area (Å²) in [4.78, 5) is 11.9. The number of nitrogens with zero attached hydrogens (tertiary/aromatic N) is 4. The summed E-state index contributed by atoms with van der Waals surface area (Å²) in [7, 11) is 0. The number of pyridine rings is 2. The van der Waals surface area contributed by atoms with Crippen molar-refractivity contribution in [2.24, 2.45) is 0 Å². The van der Waals surface area contributed by atoms with Crippen molar-refractivity contribution in [2.45, 2.75) is 0 Å². The molecule has 0 N–H and O–H groups in total. The number of fused-ring (bicyclic) bond motifs is 7. The lowest BCUT2D eigenvalue weighted by Gasteiger charge is -2.31. The topological polar surface area (TPSA) is 34.0 Å². The zero-order valence-corrected chi connectivity index (χ0v) is 33.2. The van der Waals surface area contributed by atoms with E-state index in [1.54, 1.807) is 0 Å². The minimum absolute atomic E-state index is 0.0516. The van der Waals surface area contributed by atoms with Gasteiger partial charge < -0.3 is 9.47 Å². The van der Waals surface area contributed by atoms with E-state index in [9.17, 15) is 0 Å². The van der Waals surface area contributed by atoms with E-state index in [0.717, 1.165) is 50.7 Å². The fourth-order valence-electron chi connectivity index (χ4n) is 9.63. The van der Waals surface area contributed by atoms with E-state index in [0.29, 0.717) is 0 Å². The quantitative estimate of drug-likeness (QED) is 0.151. The van der Waals surface area contributed by atoms with Crippen LogP contribution in [0.15, 0.2) is 225 Å². The summed E-state index contributed by atoms with van der Waals surface area (Å²) in [6.07, 6.45) is 3.72. The van der Waals surface area contributed by atoms with Crippen LogP contribution in [0.3, 0.4) is 0 Å². The zero-order valence-electron chi connectivity index (χ0n) is 33.2. The van der Waals surface area contributed by atoms with Gasteiger partial charge in [0.15, 0.2) is 0 Å². The molecule has 8 aromatic carbocycles. The molecule has 284 valence electrons. The summed E-state index contributed by atoms with van der Waals surface area (Å²) in [5.74, 6) is 0. The summed E-state index contributed by atoms with van der Waals surface area (Å²) in [5, 5.41) is 5.00. The number of rotatable bonds is 7. The summed E-state index contributed by atoms with van der Waals surface area (Å²) >= 11 is 0. The van der Waals surface area contributed by atoms with E-state index >= 15 is 0 Å². The molecule has 0 fully saturated rings. The van der Waals surface area contributed by atoms with Crippen LogP contribution in [0.4, 0.5) is 17.1 Å². The number of benzene rings is 8. The van der Waals surface area contributed by atoms with E-state index in [1.807, 2.05) is 36.7 Å². The normalized spacial score (nSPS) is 11.9. The summed E-state index contributed by atoms with van der Waals surface area (Å²) < 4.78 is 2.54. The van der Waals surface area contributed by atoms with Gasteiger partial charge in [0.2, 0.25) is 6.71 Å². The van der Waals surface area contributed by atoms with Crippen LogP contribution in [0.1, 0.15) is 0 Å². The van der Waals surface area contributed by atoms with Gasteiger partial charge in [-0.3, -0.25) is 9.97 Å². The highest BCUT2D eigenvalue weighted by Gasteiger charge is 2.35. The van der Waals surface area contributed by atoms with Crippen LogP contribution >= 0.6 is 0 Å². The standard InChI is InChI=1S/C56H37BN4/c1-4-17-43(18-5-1)57-49-35-39(40-32-41(51-24-12-14-30-58-51)34-42(33-40)52-25-13-15-31-59-52)27-28-53(49)61-54-29-26-38-16-10-11-23-47(38)55(54)48-36-46(37-50(57)56(48)61)60(44-19-6-2-7-20-44)45-21-8-3-9-22-45/h1-37H. The maximum Gasteiger partial charge on any atom is 0.246 e. The van der Waals surface area contributed by atoms with Crippen LogP contribution in [0, 0.1) is 0 Å². The molecule has 0 bridgehead atoms. The van der Waals surface area contributed by atoms with Gasteiger partial charge in [-0.25, -0.2) is 0 Å². The summed E-state index contributed by atoms with van der Waals surface area (Å²) in [6, 6.07) is 76.9. The lowest BCUT2D eigenvalue weighted by atomic mass is 9.35. The maximum absolute atomic E-state index is 4.77. The molecule has 0 radical (unpaired) electrons. The smallest absolute Gasteiger partial charge is 0.246 e. The SMILES string of the molecule is c1ccc(B2c3cc(-c4cc(-c5ccccn5)cc(-c5ccccn5)c4)ccc3-n3c4ccc5ccccc5c4c4cc(N(c5ccccc5)c5ccccc5)cc2c43)cc1. The monoisotopic (exact) mass is 776 g/mol. The first-order chi connectivity index (χ1) is 30.3. The van der Waals surface area contributed by atoms with Crippen LogP contribution in [-0.2, 0) is 0 Å². The Hall–Kier alpha value is -8.02. The minimum Gasteiger partial charge on any atom is -0.311 e. The fourth-order valence-corrected chi connectivity index (χ4v) is 9.63. The maximum atomic E-state index is 4.77. The van der Waals surface area contributed by atoms with Gasteiger partial charge in [-0.15, -0.1) is 0 Å². The molecule has 0 spiro atoms. The zero-order chi connectivity index (χ0) is 40.3. The molecule has 0 saturated carbocycles. The van der Waals surface area contributed by atoms with Crippen LogP contribution in [0.2, 0.25) is 0 Å². The largest absolute Gasteiger partial charge is 0.311 e. The molecule has 0 unspecified atom stereocenters.